The van der Waals surface area contributed by atoms with E-state index < -0.39 is 10.0 Å². The first-order chi connectivity index (χ1) is 11.3. The van der Waals surface area contributed by atoms with Crippen molar-refractivity contribution in [2.45, 2.75) is 32.2 Å². The van der Waals surface area contributed by atoms with Crippen LogP contribution in [-0.2, 0) is 14.8 Å². The Hall–Kier alpha value is -1.31. The lowest BCUT2D eigenvalue weighted by molar-refractivity contribution is -0.123. The van der Waals surface area contributed by atoms with Crippen molar-refractivity contribution in [1.29, 1.82) is 0 Å². The maximum absolute atomic E-state index is 12.6. The number of rotatable bonds is 5. The van der Waals surface area contributed by atoms with Gasteiger partial charge in [0.15, 0.2) is 0 Å². The van der Waals surface area contributed by atoms with Gasteiger partial charge in [0, 0.05) is 5.92 Å². The van der Waals surface area contributed by atoms with Gasteiger partial charge in [0.05, 0.1) is 18.0 Å². The van der Waals surface area contributed by atoms with Gasteiger partial charge in [-0.3, -0.25) is 9.52 Å². The van der Waals surface area contributed by atoms with Crippen LogP contribution in [0.15, 0.2) is 24.3 Å². The summed E-state index contributed by atoms with van der Waals surface area (Å²) in [6.45, 7) is 3.86. The van der Waals surface area contributed by atoms with E-state index in [0.717, 1.165) is 44.2 Å². The molecule has 2 atom stereocenters. The van der Waals surface area contributed by atoms with Gasteiger partial charge in [0.2, 0.25) is 15.9 Å². The van der Waals surface area contributed by atoms with Gasteiger partial charge < -0.3 is 10.6 Å². The summed E-state index contributed by atoms with van der Waals surface area (Å²) in [7, 11) is -3.36. The second-order valence-corrected chi connectivity index (χ2v) is 8.81. The molecule has 1 saturated heterocycles. The molecule has 0 aromatic heterocycles. The van der Waals surface area contributed by atoms with Crippen LogP contribution >= 0.6 is 12.4 Å². The molecule has 1 amide bonds. The molecule has 2 unspecified atom stereocenters. The number of anilines is 1. The lowest BCUT2D eigenvalue weighted by Gasteiger charge is -2.24. The zero-order valence-corrected chi connectivity index (χ0v) is 16.2. The highest BCUT2D eigenvalue weighted by Gasteiger charge is 2.57. The first-order valence-electron chi connectivity index (χ1n) is 8.39. The zero-order valence-electron chi connectivity index (χ0n) is 14.5. The van der Waals surface area contributed by atoms with E-state index in [2.05, 4.69) is 15.4 Å². The third-order valence-corrected chi connectivity index (χ3v) is 5.78. The second-order valence-electron chi connectivity index (χ2n) is 7.06. The van der Waals surface area contributed by atoms with Crippen LogP contribution in [0.1, 0.15) is 37.8 Å². The summed E-state index contributed by atoms with van der Waals surface area (Å²) in [5.74, 6) is 0.177. The Balaban J connectivity index is 0.00000225. The van der Waals surface area contributed by atoms with Gasteiger partial charge in [0.1, 0.15) is 0 Å². The van der Waals surface area contributed by atoms with Crippen molar-refractivity contribution < 1.29 is 13.2 Å². The lowest BCUT2D eigenvalue weighted by Crippen LogP contribution is -2.34. The van der Waals surface area contributed by atoms with Gasteiger partial charge in [-0.25, -0.2) is 8.42 Å². The Morgan fingerprint density at radius 1 is 1.28 bits per heavy atom. The number of nitrogens with one attached hydrogen (secondary N) is 3. The molecule has 1 aliphatic carbocycles. The third-order valence-electron chi connectivity index (χ3n) is 5.19. The van der Waals surface area contributed by atoms with Crippen LogP contribution in [0.2, 0.25) is 0 Å². The van der Waals surface area contributed by atoms with Gasteiger partial charge in [-0.05, 0) is 56.3 Å². The second kappa shape index (κ2) is 7.51. The Kier molecular flexibility index (Phi) is 6.01. The normalized spacial score (nSPS) is 22.6. The lowest BCUT2D eigenvalue weighted by atomic mass is 9.91. The minimum Gasteiger partial charge on any atom is -0.349 e. The minimum atomic E-state index is -3.36. The van der Waals surface area contributed by atoms with Gasteiger partial charge in [-0.15, -0.1) is 12.4 Å². The van der Waals surface area contributed by atoms with Crippen LogP contribution in [0.5, 0.6) is 0 Å². The van der Waals surface area contributed by atoms with Crippen LogP contribution in [0.3, 0.4) is 0 Å². The SMILES string of the molecule is CC(NC(=O)C1CC12CCNCC2)c1ccccc1NS(C)(=O)=O.Cl. The van der Waals surface area contributed by atoms with Crippen molar-refractivity contribution in [3.8, 4) is 0 Å². The van der Waals surface area contributed by atoms with Crippen LogP contribution < -0.4 is 15.4 Å². The molecule has 2 aliphatic rings. The van der Waals surface area contributed by atoms with E-state index >= 15 is 0 Å². The molecule has 0 radical (unpaired) electrons. The molecule has 1 heterocycles. The summed E-state index contributed by atoms with van der Waals surface area (Å²) in [5, 5.41) is 6.40. The van der Waals surface area contributed by atoms with E-state index in [4.69, 9.17) is 0 Å². The molecule has 0 bridgehead atoms. The number of para-hydroxylation sites is 1. The molecule has 2 fully saturated rings. The van der Waals surface area contributed by atoms with E-state index in [1.165, 1.54) is 0 Å². The Morgan fingerprint density at radius 3 is 2.56 bits per heavy atom. The average Bonchev–Trinajstić information content (AvgIpc) is 3.20. The number of amides is 1. The summed E-state index contributed by atoms with van der Waals surface area (Å²) < 4.78 is 25.5. The van der Waals surface area contributed by atoms with Crippen LogP contribution in [0, 0.1) is 11.3 Å². The monoisotopic (exact) mass is 387 g/mol. The van der Waals surface area contributed by atoms with Crippen LogP contribution in [0.4, 0.5) is 5.69 Å². The fourth-order valence-corrected chi connectivity index (χ4v) is 4.34. The molecule has 1 aromatic rings. The van der Waals surface area contributed by atoms with Crippen molar-refractivity contribution in [3.05, 3.63) is 29.8 Å². The van der Waals surface area contributed by atoms with E-state index in [1.54, 1.807) is 12.1 Å². The maximum Gasteiger partial charge on any atom is 0.229 e. The predicted molar refractivity (Wildman–Crippen MR) is 101 cm³/mol. The standard InChI is InChI=1S/C17H25N3O3S.ClH/c1-12(13-5-3-4-6-15(13)20-24(2,22)23)19-16(21)14-11-17(14)7-9-18-10-8-17;/h3-6,12,14,18,20H,7-11H2,1-2H3,(H,19,21);1H. The van der Waals surface area contributed by atoms with Crippen LogP contribution in [-0.4, -0.2) is 33.7 Å². The minimum absolute atomic E-state index is 0. The van der Waals surface area contributed by atoms with E-state index in [-0.39, 0.29) is 35.7 Å². The summed E-state index contributed by atoms with van der Waals surface area (Å²) in [6.07, 6.45) is 4.21. The molecular formula is C17H26ClN3O3S. The molecule has 1 spiro atoms. The van der Waals surface area contributed by atoms with Gasteiger partial charge in [0.25, 0.3) is 0 Å². The largest absolute Gasteiger partial charge is 0.349 e. The highest BCUT2D eigenvalue weighted by atomic mass is 35.5. The Morgan fingerprint density at radius 2 is 1.92 bits per heavy atom. The molecule has 6 nitrogen and oxygen atoms in total. The van der Waals surface area contributed by atoms with Crippen molar-refractivity contribution in [3.63, 3.8) is 0 Å². The van der Waals surface area contributed by atoms with Gasteiger partial charge >= 0.3 is 0 Å². The molecule has 25 heavy (non-hydrogen) atoms. The molecule has 8 heteroatoms. The highest BCUT2D eigenvalue weighted by Crippen LogP contribution is 2.58. The van der Waals surface area contributed by atoms with Gasteiger partial charge in [-0.1, -0.05) is 18.2 Å². The van der Waals surface area contributed by atoms with Crippen LogP contribution in [0.25, 0.3) is 0 Å². The number of halogens is 1. The molecule has 3 N–H and O–H groups in total. The molecule has 3 rings (SSSR count). The number of hydrogen-bond donors (Lipinski definition) is 3. The summed E-state index contributed by atoms with van der Waals surface area (Å²) in [5.41, 5.74) is 1.48. The summed E-state index contributed by atoms with van der Waals surface area (Å²) in [4.78, 5) is 12.6. The quantitative estimate of drug-likeness (QED) is 0.721. The molecular weight excluding hydrogens is 362 g/mol. The van der Waals surface area contributed by atoms with Crippen molar-refractivity contribution in [2.75, 3.05) is 24.1 Å². The fourth-order valence-electron chi connectivity index (χ4n) is 3.75. The highest BCUT2D eigenvalue weighted by molar-refractivity contribution is 7.92. The Bertz CT molecular complexity index is 732. The fraction of sp³-hybridized carbons (Fsp3) is 0.588. The first kappa shape index (κ1) is 20.0. The van der Waals surface area contributed by atoms with Crippen molar-refractivity contribution >= 4 is 34.0 Å². The van der Waals surface area contributed by atoms with E-state index in [0.29, 0.717) is 5.69 Å². The molecule has 140 valence electrons. The van der Waals surface area contributed by atoms with Crippen molar-refractivity contribution in [1.82, 2.24) is 10.6 Å². The molecule has 1 aliphatic heterocycles. The number of carbonyl (C=O) groups excluding carboxylic acids is 1. The number of carbonyl (C=O) groups is 1. The average molecular weight is 388 g/mol. The Labute approximate surface area is 155 Å². The van der Waals surface area contributed by atoms with Gasteiger partial charge in [-0.2, -0.15) is 0 Å². The summed E-state index contributed by atoms with van der Waals surface area (Å²) >= 11 is 0. The third kappa shape index (κ3) is 4.65. The number of hydrogen-bond acceptors (Lipinski definition) is 4. The topological polar surface area (TPSA) is 87.3 Å². The van der Waals surface area contributed by atoms with E-state index in [1.807, 2.05) is 19.1 Å². The molecule has 1 saturated carbocycles. The zero-order chi connectivity index (χ0) is 17.4. The number of sulfonamides is 1. The predicted octanol–water partition coefficient (Wildman–Crippen LogP) is 2.05. The maximum atomic E-state index is 12.6. The first-order valence-corrected chi connectivity index (χ1v) is 10.3. The van der Waals surface area contributed by atoms with E-state index in [9.17, 15) is 13.2 Å². The molecule has 1 aromatic carbocycles. The number of piperidine rings is 1. The smallest absolute Gasteiger partial charge is 0.229 e. The number of benzene rings is 1. The summed E-state index contributed by atoms with van der Waals surface area (Å²) in [6, 6.07) is 6.92. The van der Waals surface area contributed by atoms with Crippen molar-refractivity contribution in [2.24, 2.45) is 11.3 Å².